The summed E-state index contributed by atoms with van der Waals surface area (Å²) >= 11 is 0. The minimum atomic E-state index is 0.935. The molecule has 1 aromatic rings. The van der Waals surface area contributed by atoms with Crippen molar-refractivity contribution >= 4 is 13.2 Å². The smallest absolute Gasteiger partial charge is 0.0379 e. The van der Waals surface area contributed by atoms with E-state index in [1.54, 1.807) is 0 Å². The van der Waals surface area contributed by atoms with Crippen LogP contribution in [0.2, 0.25) is 0 Å². The molecule has 0 atom stereocenters. The first-order valence-corrected chi connectivity index (χ1v) is 2.96. The predicted octanol–water partition coefficient (Wildman–Crippen LogP) is 0.452. The largest absolute Gasteiger partial charge is 0.359 e. The van der Waals surface area contributed by atoms with Crippen molar-refractivity contribution < 1.29 is 0 Å². The van der Waals surface area contributed by atoms with Crippen molar-refractivity contribution in [2.24, 2.45) is 0 Å². The summed E-state index contributed by atoms with van der Waals surface area (Å²) in [5, 5.41) is 1.97. The van der Waals surface area contributed by atoms with Crippen molar-refractivity contribution in [1.29, 1.82) is 0 Å². The maximum Gasteiger partial charge on any atom is 0.0379 e. The van der Waals surface area contributed by atoms with Gasteiger partial charge >= 0.3 is 0 Å². The SMILES string of the molecule is C=c1[nH]c(C)c(C)c1=C. The molecule has 1 heterocycles. The highest BCUT2D eigenvalue weighted by atomic mass is 14.7. The Morgan fingerprint density at radius 2 is 1.78 bits per heavy atom. The van der Waals surface area contributed by atoms with Crippen LogP contribution in [-0.2, 0) is 0 Å². The normalized spacial score (nSPS) is 10.0. The zero-order valence-electron chi connectivity index (χ0n) is 5.91. The molecule has 0 fully saturated rings. The van der Waals surface area contributed by atoms with Crippen LogP contribution in [-0.4, -0.2) is 4.98 Å². The Morgan fingerprint density at radius 1 is 1.22 bits per heavy atom. The Morgan fingerprint density at radius 3 is 1.89 bits per heavy atom. The molecular weight excluding hydrogens is 110 g/mol. The molecular formula is C8H11N. The van der Waals surface area contributed by atoms with Gasteiger partial charge in [-0.15, -0.1) is 0 Å². The average molecular weight is 121 g/mol. The minimum Gasteiger partial charge on any atom is -0.359 e. The second kappa shape index (κ2) is 1.76. The van der Waals surface area contributed by atoms with Gasteiger partial charge in [-0.1, -0.05) is 13.2 Å². The first-order valence-electron chi connectivity index (χ1n) is 2.96. The van der Waals surface area contributed by atoms with Gasteiger partial charge in [0.1, 0.15) is 0 Å². The fourth-order valence-corrected chi connectivity index (χ4v) is 0.848. The van der Waals surface area contributed by atoms with Crippen LogP contribution in [0.3, 0.4) is 0 Å². The van der Waals surface area contributed by atoms with E-state index in [2.05, 4.69) is 18.1 Å². The molecule has 0 spiro atoms. The molecule has 48 valence electrons. The van der Waals surface area contributed by atoms with Crippen molar-refractivity contribution in [2.75, 3.05) is 0 Å². The van der Waals surface area contributed by atoms with E-state index in [4.69, 9.17) is 0 Å². The third-order valence-corrected chi connectivity index (χ3v) is 1.72. The number of H-pyrrole nitrogens is 1. The molecule has 0 saturated heterocycles. The topological polar surface area (TPSA) is 15.8 Å². The molecule has 0 amide bonds. The van der Waals surface area contributed by atoms with E-state index in [0.29, 0.717) is 0 Å². The van der Waals surface area contributed by atoms with E-state index in [9.17, 15) is 0 Å². The third-order valence-electron chi connectivity index (χ3n) is 1.72. The molecule has 1 heteroatoms. The lowest BCUT2D eigenvalue weighted by molar-refractivity contribution is 1.20. The third kappa shape index (κ3) is 0.784. The summed E-state index contributed by atoms with van der Waals surface area (Å²) in [6.07, 6.45) is 0. The van der Waals surface area contributed by atoms with Crippen LogP contribution in [0.15, 0.2) is 0 Å². The van der Waals surface area contributed by atoms with Crippen LogP contribution in [0.5, 0.6) is 0 Å². The number of nitrogens with one attached hydrogen (secondary N) is 1. The van der Waals surface area contributed by atoms with Crippen LogP contribution in [0.1, 0.15) is 11.3 Å². The van der Waals surface area contributed by atoms with Gasteiger partial charge in [0.25, 0.3) is 0 Å². The molecule has 0 aliphatic carbocycles. The zero-order valence-corrected chi connectivity index (χ0v) is 5.91. The Bertz CT molecular complexity index is 306. The fraction of sp³-hybridized carbons (Fsp3) is 0.250. The standard InChI is InChI=1S/C8H11N/c1-5-6(2)8(4)9-7(5)3/h9H,1,3H2,2,4H3. The van der Waals surface area contributed by atoms with Crippen LogP contribution >= 0.6 is 0 Å². The van der Waals surface area contributed by atoms with Crippen LogP contribution in [0.4, 0.5) is 0 Å². The lowest BCUT2D eigenvalue weighted by Crippen LogP contribution is -2.19. The average Bonchev–Trinajstić information content (AvgIpc) is 1.98. The second-order valence-electron chi connectivity index (χ2n) is 2.33. The van der Waals surface area contributed by atoms with Crippen LogP contribution in [0.25, 0.3) is 13.2 Å². The van der Waals surface area contributed by atoms with Crippen molar-refractivity contribution in [2.45, 2.75) is 13.8 Å². The number of aromatic amines is 1. The van der Waals surface area contributed by atoms with Crippen molar-refractivity contribution in [1.82, 2.24) is 4.98 Å². The molecule has 0 bridgehead atoms. The lowest BCUT2D eigenvalue weighted by Gasteiger charge is -1.82. The lowest BCUT2D eigenvalue weighted by atomic mass is 10.2. The van der Waals surface area contributed by atoms with Crippen molar-refractivity contribution in [3.05, 3.63) is 21.8 Å². The molecule has 0 unspecified atom stereocenters. The maximum absolute atomic E-state index is 3.85. The van der Waals surface area contributed by atoms with E-state index in [1.807, 2.05) is 13.8 Å². The molecule has 1 aromatic heterocycles. The van der Waals surface area contributed by atoms with Gasteiger partial charge in [0, 0.05) is 11.0 Å². The van der Waals surface area contributed by atoms with Crippen molar-refractivity contribution in [3.63, 3.8) is 0 Å². The van der Waals surface area contributed by atoms with E-state index < -0.39 is 0 Å². The molecule has 0 radical (unpaired) electrons. The Balaban J connectivity index is 3.68. The summed E-state index contributed by atoms with van der Waals surface area (Å²) in [5.74, 6) is 0. The quantitative estimate of drug-likeness (QED) is 0.513. The molecule has 0 aliphatic heterocycles. The van der Waals surface area contributed by atoms with Crippen LogP contribution < -0.4 is 10.6 Å². The van der Waals surface area contributed by atoms with E-state index in [-0.39, 0.29) is 0 Å². The summed E-state index contributed by atoms with van der Waals surface area (Å²) in [7, 11) is 0. The first kappa shape index (κ1) is 6.14. The van der Waals surface area contributed by atoms with Crippen LogP contribution in [0, 0.1) is 13.8 Å². The minimum absolute atomic E-state index is 0.935. The molecule has 1 N–H and O–H groups in total. The number of rotatable bonds is 0. The number of aromatic nitrogens is 1. The molecule has 0 aliphatic rings. The number of hydrogen-bond acceptors (Lipinski definition) is 0. The Hall–Kier alpha value is -0.980. The monoisotopic (exact) mass is 121 g/mol. The summed E-state index contributed by atoms with van der Waals surface area (Å²) in [6.45, 7) is 11.7. The maximum atomic E-state index is 3.85. The van der Waals surface area contributed by atoms with Gasteiger partial charge in [-0.2, -0.15) is 0 Å². The molecule has 1 nitrogen and oxygen atoms in total. The summed E-state index contributed by atoms with van der Waals surface area (Å²) in [5.41, 5.74) is 2.39. The molecule has 0 aromatic carbocycles. The van der Waals surface area contributed by atoms with E-state index >= 15 is 0 Å². The second-order valence-corrected chi connectivity index (χ2v) is 2.33. The zero-order chi connectivity index (χ0) is 7.02. The Labute approximate surface area is 54.7 Å². The van der Waals surface area contributed by atoms with Gasteiger partial charge in [-0.05, 0) is 24.6 Å². The van der Waals surface area contributed by atoms with E-state index in [1.165, 1.54) is 11.3 Å². The highest BCUT2D eigenvalue weighted by Crippen LogP contribution is 1.89. The predicted molar refractivity (Wildman–Crippen MR) is 40.6 cm³/mol. The van der Waals surface area contributed by atoms with E-state index in [0.717, 1.165) is 10.6 Å². The van der Waals surface area contributed by atoms with Gasteiger partial charge in [0.2, 0.25) is 0 Å². The number of aryl methyl sites for hydroxylation is 1. The first-order chi connectivity index (χ1) is 4.13. The summed E-state index contributed by atoms with van der Waals surface area (Å²) < 4.78 is 0. The van der Waals surface area contributed by atoms with Gasteiger partial charge in [0.05, 0.1) is 0 Å². The molecule has 9 heavy (non-hydrogen) atoms. The fourth-order valence-electron chi connectivity index (χ4n) is 0.848. The number of hydrogen-bond donors (Lipinski definition) is 1. The molecule has 1 rings (SSSR count). The highest BCUT2D eigenvalue weighted by molar-refractivity contribution is 5.25. The van der Waals surface area contributed by atoms with Gasteiger partial charge < -0.3 is 4.98 Å². The molecule has 0 saturated carbocycles. The Kier molecular flexibility index (Phi) is 1.20. The highest BCUT2D eigenvalue weighted by Gasteiger charge is 1.93. The van der Waals surface area contributed by atoms with Crippen molar-refractivity contribution in [3.8, 4) is 0 Å². The van der Waals surface area contributed by atoms with Gasteiger partial charge in [0.15, 0.2) is 0 Å². The van der Waals surface area contributed by atoms with Gasteiger partial charge in [-0.3, -0.25) is 0 Å². The summed E-state index contributed by atoms with van der Waals surface area (Å²) in [4.78, 5) is 3.10. The van der Waals surface area contributed by atoms with Gasteiger partial charge in [-0.25, -0.2) is 0 Å². The summed E-state index contributed by atoms with van der Waals surface area (Å²) in [6, 6.07) is 0.